The lowest BCUT2D eigenvalue weighted by Gasteiger charge is -2.26. The van der Waals surface area contributed by atoms with Crippen LogP contribution in [-0.2, 0) is 0 Å². The number of hydrogen-bond acceptors (Lipinski definition) is 6. The first-order valence-corrected chi connectivity index (χ1v) is 18.1. The van der Waals surface area contributed by atoms with E-state index < -0.39 is 11.9 Å². The smallest absolute Gasteiger partial charge is 0.262 e. The van der Waals surface area contributed by atoms with E-state index in [-0.39, 0.29) is 22.5 Å². The highest BCUT2D eigenvalue weighted by atomic mass is 79.9. The number of nitrogens with zero attached hydrogens (tertiary/aromatic N) is 3. The molecule has 1 aliphatic heterocycles. The summed E-state index contributed by atoms with van der Waals surface area (Å²) in [6.07, 6.45) is 0. The first-order valence-electron chi connectivity index (χ1n) is 17.2. The van der Waals surface area contributed by atoms with Gasteiger partial charge in [0.15, 0.2) is 0 Å². The molecule has 2 amide bonds. The summed E-state index contributed by atoms with van der Waals surface area (Å²) in [5.41, 5.74) is 6.67. The lowest BCUT2D eigenvalue weighted by Crippen LogP contribution is -2.33. The molecule has 7 aromatic rings. The molecule has 0 N–H and O–H groups in total. The number of imide groups is 1. The lowest BCUT2D eigenvalue weighted by molar-refractivity contribution is 0.0592. The minimum absolute atomic E-state index is 0.0473. The standard InChI is InChI=1S/C26H19FN2O3.C18H15BrFNO/c1-15(29-25(30)18-10-6-7-11-19(18)26(29)31)23-22(16-8-4-3-5-9-16)24(32-2)20-14-17(27)12-13-21(20)28-23;1-11(19)17-16(12-6-4-3-5-7-12)18(22-2)14-10-13(20)8-9-15(14)21-17/h3-15H,1-2H3;3-11H,1-2H3. The Balaban J connectivity index is 0.000000179. The van der Waals surface area contributed by atoms with Crippen LogP contribution in [0.3, 0.4) is 0 Å². The summed E-state index contributed by atoms with van der Waals surface area (Å²) in [4.78, 5) is 37.0. The van der Waals surface area contributed by atoms with E-state index in [1.165, 1.54) is 36.3 Å². The van der Waals surface area contributed by atoms with Gasteiger partial charge in [-0.25, -0.2) is 13.8 Å². The first-order chi connectivity index (χ1) is 26.1. The van der Waals surface area contributed by atoms with Gasteiger partial charge in [-0.05, 0) is 73.5 Å². The van der Waals surface area contributed by atoms with Gasteiger partial charge in [-0.2, -0.15) is 0 Å². The zero-order valence-corrected chi connectivity index (χ0v) is 31.4. The summed E-state index contributed by atoms with van der Waals surface area (Å²) in [5.74, 6) is -0.339. The van der Waals surface area contributed by atoms with E-state index in [9.17, 15) is 18.4 Å². The summed E-state index contributed by atoms with van der Waals surface area (Å²) in [6, 6.07) is 34.3. The number of fused-ring (bicyclic) bond motifs is 3. The molecule has 5 aromatic carbocycles. The minimum Gasteiger partial charge on any atom is -0.495 e. The van der Waals surface area contributed by atoms with Crippen LogP contribution in [-0.4, -0.2) is 40.9 Å². The number of carbonyl (C=O) groups excluding carboxylic acids is 2. The highest BCUT2D eigenvalue weighted by Crippen LogP contribution is 2.44. The topological polar surface area (TPSA) is 81.6 Å². The second-order valence-electron chi connectivity index (χ2n) is 12.7. The number of amides is 2. The Kier molecular flexibility index (Phi) is 10.2. The van der Waals surface area contributed by atoms with Gasteiger partial charge in [0.25, 0.3) is 11.8 Å². The van der Waals surface area contributed by atoms with Crippen LogP contribution in [0.15, 0.2) is 121 Å². The number of carbonyl (C=O) groups is 2. The highest BCUT2D eigenvalue weighted by Gasteiger charge is 2.40. The van der Waals surface area contributed by atoms with E-state index in [0.717, 1.165) is 27.9 Å². The van der Waals surface area contributed by atoms with Gasteiger partial charge in [0.05, 0.1) is 58.6 Å². The lowest BCUT2D eigenvalue weighted by atomic mass is 9.96. The molecule has 2 aromatic heterocycles. The van der Waals surface area contributed by atoms with Crippen LogP contribution in [0.5, 0.6) is 11.5 Å². The Morgan fingerprint density at radius 2 is 1.00 bits per heavy atom. The maximum atomic E-state index is 14.1. The van der Waals surface area contributed by atoms with Gasteiger partial charge in [-0.15, -0.1) is 0 Å². The van der Waals surface area contributed by atoms with Gasteiger partial charge in [-0.3, -0.25) is 19.5 Å². The normalized spacial score (nSPS) is 13.4. The molecule has 0 saturated carbocycles. The molecule has 0 bridgehead atoms. The molecule has 0 fully saturated rings. The average Bonchev–Trinajstić information content (AvgIpc) is 3.45. The van der Waals surface area contributed by atoms with Crippen LogP contribution >= 0.6 is 15.9 Å². The van der Waals surface area contributed by atoms with Crippen molar-refractivity contribution in [1.82, 2.24) is 14.9 Å². The van der Waals surface area contributed by atoms with Crippen LogP contribution in [0.2, 0.25) is 0 Å². The van der Waals surface area contributed by atoms with Crippen molar-refractivity contribution in [3.8, 4) is 33.8 Å². The molecule has 7 nitrogen and oxygen atoms in total. The van der Waals surface area contributed by atoms with Crippen molar-refractivity contribution < 1.29 is 27.8 Å². The number of rotatable bonds is 7. The molecule has 0 radical (unpaired) electrons. The molecule has 270 valence electrons. The fourth-order valence-corrected chi connectivity index (χ4v) is 7.24. The maximum absolute atomic E-state index is 14.1. The predicted octanol–water partition coefficient (Wildman–Crippen LogP) is 10.9. The molecule has 2 atom stereocenters. The minimum atomic E-state index is -0.680. The average molecular weight is 787 g/mol. The molecular weight excluding hydrogens is 752 g/mol. The summed E-state index contributed by atoms with van der Waals surface area (Å²) in [7, 11) is 3.12. The van der Waals surface area contributed by atoms with Gasteiger partial charge in [0.1, 0.15) is 23.1 Å². The largest absolute Gasteiger partial charge is 0.495 e. The predicted molar refractivity (Wildman–Crippen MR) is 210 cm³/mol. The van der Waals surface area contributed by atoms with E-state index >= 15 is 0 Å². The molecule has 1 aliphatic rings. The first kappa shape index (κ1) is 36.4. The number of methoxy groups -OCH3 is 2. The monoisotopic (exact) mass is 785 g/mol. The van der Waals surface area contributed by atoms with E-state index in [2.05, 4.69) is 15.9 Å². The Bertz CT molecular complexity index is 2510. The van der Waals surface area contributed by atoms with Crippen molar-refractivity contribution in [3.05, 3.63) is 155 Å². The molecule has 3 heterocycles. The van der Waals surface area contributed by atoms with Crippen LogP contribution in [0.25, 0.3) is 44.1 Å². The summed E-state index contributed by atoms with van der Waals surface area (Å²) < 4.78 is 39.1. The van der Waals surface area contributed by atoms with Gasteiger partial charge in [-0.1, -0.05) is 88.7 Å². The third-order valence-electron chi connectivity index (χ3n) is 9.37. The number of hydrogen-bond donors (Lipinski definition) is 0. The number of aromatic nitrogens is 2. The number of pyridine rings is 2. The van der Waals surface area contributed by atoms with Crippen molar-refractivity contribution in [1.29, 1.82) is 0 Å². The van der Waals surface area contributed by atoms with Crippen molar-refractivity contribution in [3.63, 3.8) is 0 Å². The SMILES string of the molecule is COc1c(-c2ccccc2)c(C(C)Br)nc2ccc(F)cc12.COc1c(-c2ccccc2)c(C(C)N2C(=O)c3ccccc3C2=O)nc2ccc(F)cc12. The van der Waals surface area contributed by atoms with E-state index in [1.807, 2.05) is 67.6 Å². The molecule has 10 heteroatoms. The third-order valence-corrected chi connectivity index (χ3v) is 9.81. The second-order valence-corrected chi connectivity index (χ2v) is 14.1. The Morgan fingerprint density at radius 1 is 0.593 bits per heavy atom. The highest BCUT2D eigenvalue weighted by molar-refractivity contribution is 9.09. The molecule has 2 unspecified atom stereocenters. The third kappa shape index (κ3) is 6.58. The second kappa shape index (κ2) is 15.2. The maximum Gasteiger partial charge on any atom is 0.262 e. The molecule has 0 saturated heterocycles. The summed E-state index contributed by atoms with van der Waals surface area (Å²) in [5, 5.41) is 1.20. The summed E-state index contributed by atoms with van der Waals surface area (Å²) >= 11 is 3.60. The van der Waals surface area contributed by atoms with Crippen molar-refractivity contribution >= 4 is 49.6 Å². The molecule has 0 spiro atoms. The van der Waals surface area contributed by atoms with Crippen molar-refractivity contribution in [2.24, 2.45) is 0 Å². The fourth-order valence-electron chi connectivity index (χ4n) is 6.91. The summed E-state index contributed by atoms with van der Waals surface area (Å²) in [6.45, 7) is 3.79. The van der Waals surface area contributed by atoms with Gasteiger partial charge < -0.3 is 9.47 Å². The molecule has 0 aliphatic carbocycles. The van der Waals surface area contributed by atoms with Gasteiger partial charge >= 0.3 is 0 Å². The zero-order valence-electron chi connectivity index (χ0n) is 29.8. The van der Waals surface area contributed by atoms with E-state index in [4.69, 9.17) is 19.4 Å². The van der Waals surface area contributed by atoms with Crippen LogP contribution in [0, 0.1) is 11.6 Å². The van der Waals surface area contributed by atoms with E-state index in [1.54, 1.807) is 50.4 Å². The fraction of sp³-hybridized carbons (Fsp3) is 0.136. The zero-order chi connectivity index (χ0) is 38.1. The number of ether oxygens (including phenoxy) is 2. The molecular formula is C44H34BrF2N3O4. The van der Waals surface area contributed by atoms with Gasteiger partial charge in [0, 0.05) is 21.9 Å². The molecule has 54 heavy (non-hydrogen) atoms. The Hall–Kier alpha value is -6.00. The van der Waals surface area contributed by atoms with Crippen molar-refractivity contribution in [2.75, 3.05) is 14.2 Å². The van der Waals surface area contributed by atoms with E-state index in [0.29, 0.717) is 50.2 Å². The van der Waals surface area contributed by atoms with Gasteiger partial charge in [0.2, 0.25) is 0 Å². The number of alkyl halides is 1. The van der Waals surface area contributed by atoms with Crippen LogP contribution in [0.4, 0.5) is 8.78 Å². The molecule has 8 rings (SSSR count). The Morgan fingerprint density at radius 3 is 1.43 bits per heavy atom. The number of halogens is 3. The van der Waals surface area contributed by atoms with Crippen molar-refractivity contribution in [2.45, 2.75) is 24.7 Å². The van der Waals surface area contributed by atoms with Crippen LogP contribution in [0.1, 0.15) is 56.8 Å². The number of benzene rings is 5. The quantitative estimate of drug-likeness (QED) is 0.118. The van der Waals surface area contributed by atoms with Crippen LogP contribution < -0.4 is 9.47 Å². The Labute approximate surface area is 319 Å².